The van der Waals surface area contributed by atoms with E-state index < -0.39 is 10.0 Å². The van der Waals surface area contributed by atoms with Crippen molar-refractivity contribution in [1.82, 2.24) is 4.72 Å². The summed E-state index contributed by atoms with van der Waals surface area (Å²) in [6.07, 6.45) is 0.963. The van der Waals surface area contributed by atoms with Gasteiger partial charge in [0.15, 0.2) is 0 Å². The molecule has 0 atom stereocenters. The summed E-state index contributed by atoms with van der Waals surface area (Å²) in [5, 5.41) is 2.75. The van der Waals surface area contributed by atoms with Crippen LogP contribution in [-0.4, -0.2) is 21.4 Å². The van der Waals surface area contributed by atoms with Crippen molar-refractivity contribution >= 4 is 21.6 Å². The normalized spacial score (nSPS) is 11.6. The summed E-state index contributed by atoms with van der Waals surface area (Å²) in [4.78, 5) is 12.5. The van der Waals surface area contributed by atoms with E-state index in [1.54, 1.807) is 31.2 Å². The van der Waals surface area contributed by atoms with Gasteiger partial charge in [-0.05, 0) is 61.7 Å². The van der Waals surface area contributed by atoms with Gasteiger partial charge in [0.2, 0.25) is 10.0 Å². The molecule has 5 nitrogen and oxygen atoms in total. The van der Waals surface area contributed by atoms with Crippen LogP contribution in [0.15, 0.2) is 47.4 Å². The first kappa shape index (κ1) is 19.1. The van der Waals surface area contributed by atoms with Crippen LogP contribution >= 0.6 is 0 Å². The molecule has 25 heavy (non-hydrogen) atoms. The predicted octanol–water partition coefficient (Wildman–Crippen LogP) is 3.35. The van der Waals surface area contributed by atoms with Crippen LogP contribution in [0.2, 0.25) is 0 Å². The molecular formula is C19H24N2O3S. The number of sulfonamides is 1. The van der Waals surface area contributed by atoms with E-state index in [2.05, 4.69) is 23.9 Å². The van der Waals surface area contributed by atoms with Crippen LogP contribution in [0.5, 0.6) is 0 Å². The molecule has 0 aliphatic carbocycles. The number of benzene rings is 2. The summed E-state index contributed by atoms with van der Waals surface area (Å²) in [7, 11) is -2.21. The zero-order valence-electron chi connectivity index (χ0n) is 15.0. The third-order valence-corrected chi connectivity index (χ3v) is 5.42. The lowest BCUT2D eigenvalue weighted by molar-refractivity contribution is 0.102. The third-order valence-electron chi connectivity index (χ3n) is 3.86. The average Bonchev–Trinajstić information content (AvgIpc) is 2.56. The van der Waals surface area contributed by atoms with Crippen molar-refractivity contribution in [2.24, 2.45) is 5.92 Å². The highest BCUT2D eigenvalue weighted by Gasteiger charge is 2.16. The smallest absolute Gasteiger partial charge is 0.255 e. The van der Waals surface area contributed by atoms with Crippen molar-refractivity contribution < 1.29 is 13.2 Å². The number of amides is 1. The van der Waals surface area contributed by atoms with Crippen molar-refractivity contribution in [3.05, 3.63) is 59.2 Å². The average molecular weight is 360 g/mol. The van der Waals surface area contributed by atoms with Crippen molar-refractivity contribution in [3.63, 3.8) is 0 Å². The molecule has 0 aliphatic rings. The highest BCUT2D eigenvalue weighted by molar-refractivity contribution is 7.89. The van der Waals surface area contributed by atoms with Gasteiger partial charge in [0.25, 0.3) is 5.91 Å². The Kier molecular flexibility index (Phi) is 5.98. The van der Waals surface area contributed by atoms with Crippen molar-refractivity contribution in [1.29, 1.82) is 0 Å². The van der Waals surface area contributed by atoms with Gasteiger partial charge in [-0.25, -0.2) is 13.1 Å². The van der Waals surface area contributed by atoms with Crippen LogP contribution in [0, 0.1) is 12.8 Å². The van der Waals surface area contributed by atoms with Crippen LogP contribution in [0.3, 0.4) is 0 Å². The standard InChI is InChI=1S/C19H24N2O3S/c1-13(2)11-15-6-8-16(9-7-15)19(22)21-17-10-5-14(3)18(12-17)25(23,24)20-4/h5-10,12-13,20H,11H2,1-4H3,(H,21,22). The predicted molar refractivity (Wildman–Crippen MR) is 100 cm³/mol. The minimum absolute atomic E-state index is 0.153. The monoisotopic (exact) mass is 360 g/mol. The Morgan fingerprint density at radius 3 is 2.28 bits per heavy atom. The van der Waals surface area contributed by atoms with Gasteiger partial charge >= 0.3 is 0 Å². The van der Waals surface area contributed by atoms with E-state index in [9.17, 15) is 13.2 Å². The molecule has 0 heterocycles. The van der Waals surface area contributed by atoms with E-state index in [1.807, 2.05) is 12.1 Å². The maximum absolute atomic E-state index is 12.4. The van der Waals surface area contributed by atoms with Gasteiger partial charge in [-0.1, -0.05) is 32.0 Å². The first-order valence-electron chi connectivity index (χ1n) is 8.17. The molecule has 6 heteroatoms. The number of anilines is 1. The second-order valence-corrected chi connectivity index (χ2v) is 8.29. The Morgan fingerprint density at radius 1 is 1.08 bits per heavy atom. The SMILES string of the molecule is CNS(=O)(=O)c1cc(NC(=O)c2ccc(CC(C)C)cc2)ccc1C. The molecule has 1 amide bonds. The Labute approximate surface area is 149 Å². The summed E-state index contributed by atoms with van der Waals surface area (Å²) in [5.41, 5.74) is 2.77. The second-order valence-electron chi connectivity index (χ2n) is 6.44. The summed E-state index contributed by atoms with van der Waals surface area (Å²) < 4.78 is 26.4. The lowest BCUT2D eigenvalue weighted by atomic mass is 10.0. The molecule has 134 valence electrons. The highest BCUT2D eigenvalue weighted by Crippen LogP contribution is 2.20. The Hall–Kier alpha value is -2.18. The number of nitrogens with one attached hydrogen (secondary N) is 2. The first-order chi connectivity index (χ1) is 11.7. The van der Waals surface area contributed by atoms with Crippen LogP contribution in [0.1, 0.15) is 35.3 Å². The van der Waals surface area contributed by atoms with Gasteiger partial charge in [-0.3, -0.25) is 4.79 Å². The molecule has 2 aromatic carbocycles. The fourth-order valence-electron chi connectivity index (χ4n) is 2.54. The van der Waals surface area contributed by atoms with E-state index in [-0.39, 0.29) is 10.8 Å². The Bertz CT molecular complexity index is 857. The number of hydrogen-bond donors (Lipinski definition) is 2. The van der Waals surface area contributed by atoms with E-state index in [0.717, 1.165) is 6.42 Å². The number of rotatable bonds is 6. The number of aryl methyl sites for hydroxylation is 1. The highest BCUT2D eigenvalue weighted by atomic mass is 32.2. The minimum atomic E-state index is -3.57. The quantitative estimate of drug-likeness (QED) is 0.829. The Balaban J connectivity index is 2.19. The first-order valence-corrected chi connectivity index (χ1v) is 9.65. The van der Waals surface area contributed by atoms with Gasteiger partial charge in [0.05, 0.1) is 4.90 Å². The van der Waals surface area contributed by atoms with Gasteiger partial charge in [-0.15, -0.1) is 0 Å². The fourth-order valence-corrected chi connectivity index (χ4v) is 3.54. The minimum Gasteiger partial charge on any atom is -0.322 e. The maximum atomic E-state index is 12.4. The zero-order valence-corrected chi connectivity index (χ0v) is 15.8. The Morgan fingerprint density at radius 2 is 1.72 bits per heavy atom. The zero-order chi connectivity index (χ0) is 18.6. The van der Waals surface area contributed by atoms with Crippen molar-refractivity contribution in [2.75, 3.05) is 12.4 Å². The number of carbonyl (C=O) groups excluding carboxylic acids is 1. The summed E-state index contributed by atoms with van der Waals surface area (Å²) in [6.45, 7) is 6.01. The molecule has 0 aromatic heterocycles. The van der Waals surface area contributed by atoms with Crippen molar-refractivity contribution in [3.8, 4) is 0 Å². The van der Waals surface area contributed by atoms with E-state index in [1.165, 1.54) is 18.7 Å². The molecule has 0 spiro atoms. The van der Waals surface area contributed by atoms with E-state index in [4.69, 9.17) is 0 Å². The van der Waals surface area contributed by atoms with Crippen LogP contribution in [0.4, 0.5) is 5.69 Å². The van der Waals surface area contributed by atoms with Gasteiger partial charge in [0.1, 0.15) is 0 Å². The molecule has 0 bridgehead atoms. The molecular weight excluding hydrogens is 336 g/mol. The van der Waals surface area contributed by atoms with Crippen LogP contribution < -0.4 is 10.0 Å². The van der Waals surface area contributed by atoms with Crippen LogP contribution in [-0.2, 0) is 16.4 Å². The van der Waals surface area contributed by atoms with Gasteiger partial charge < -0.3 is 5.32 Å². The second kappa shape index (κ2) is 7.80. The maximum Gasteiger partial charge on any atom is 0.255 e. The molecule has 0 aliphatic heterocycles. The topological polar surface area (TPSA) is 75.3 Å². The van der Waals surface area contributed by atoms with Gasteiger partial charge in [0, 0.05) is 11.3 Å². The molecule has 2 rings (SSSR count). The number of hydrogen-bond acceptors (Lipinski definition) is 3. The summed E-state index contributed by atoms with van der Waals surface area (Å²) in [6, 6.07) is 12.3. The van der Waals surface area contributed by atoms with Gasteiger partial charge in [-0.2, -0.15) is 0 Å². The fraction of sp³-hybridized carbons (Fsp3) is 0.316. The third kappa shape index (κ3) is 4.90. The van der Waals surface area contributed by atoms with Crippen molar-refractivity contribution in [2.45, 2.75) is 32.1 Å². The lowest BCUT2D eigenvalue weighted by Crippen LogP contribution is -2.20. The largest absolute Gasteiger partial charge is 0.322 e. The molecule has 0 unspecified atom stereocenters. The summed E-state index contributed by atoms with van der Waals surface area (Å²) in [5.74, 6) is 0.285. The van der Waals surface area contributed by atoms with E-state index >= 15 is 0 Å². The molecule has 0 saturated carbocycles. The summed E-state index contributed by atoms with van der Waals surface area (Å²) >= 11 is 0. The molecule has 0 saturated heterocycles. The van der Waals surface area contributed by atoms with Crippen LogP contribution in [0.25, 0.3) is 0 Å². The molecule has 2 N–H and O–H groups in total. The molecule has 0 radical (unpaired) electrons. The van der Waals surface area contributed by atoms with E-state index in [0.29, 0.717) is 22.7 Å². The number of carbonyl (C=O) groups is 1. The molecule has 0 fully saturated rings. The molecule has 2 aromatic rings. The lowest BCUT2D eigenvalue weighted by Gasteiger charge is -2.11.